The number of nitrogens with two attached hydrogens (primary N) is 2. The van der Waals surface area contributed by atoms with E-state index < -0.39 is 0 Å². The predicted molar refractivity (Wildman–Crippen MR) is 132 cm³/mol. The maximum absolute atomic E-state index is 6.19. The molecule has 3 heterocycles. The van der Waals surface area contributed by atoms with Crippen LogP contribution in [-0.2, 0) is 6.54 Å². The number of imidazole rings is 1. The minimum Gasteiger partial charge on any atom is -0.383 e. The monoisotopic (exact) mass is 424 g/mol. The number of hydrogen-bond donors (Lipinski definition) is 2. The first-order valence-electron chi connectivity index (χ1n) is 11.0. The van der Waals surface area contributed by atoms with Crippen molar-refractivity contribution in [2.45, 2.75) is 33.2 Å². The number of nitrogen functional groups attached to an aromatic ring is 1. The summed E-state index contributed by atoms with van der Waals surface area (Å²) in [5.41, 5.74) is 18.4. The Bertz CT molecular complexity index is 1280. The van der Waals surface area contributed by atoms with Crippen molar-refractivity contribution in [2.75, 3.05) is 5.73 Å². The van der Waals surface area contributed by atoms with Crippen LogP contribution >= 0.6 is 0 Å². The van der Waals surface area contributed by atoms with Crippen LogP contribution in [0.5, 0.6) is 0 Å². The van der Waals surface area contributed by atoms with Crippen LogP contribution in [0.15, 0.2) is 73.0 Å². The van der Waals surface area contributed by atoms with Gasteiger partial charge in [-0.1, -0.05) is 44.2 Å². The summed E-state index contributed by atoms with van der Waals surface area (Å²) in [4.78, 5) is 14.1. The summed E-state index contributed by atoms with van der Waals surface area (Å²) in [5, 5.41) is 0. The molecule has 32 heavy (non-hydrogen) atoms. The standard InChI is InChI=1S/C24H22N6.C2H6/c25-15-16-8-10-18(11-9-16)30-23(19-7-4-14-27-22(19)26)29-21-13-12-20(28-24(21)30)17-5-2-1-3-6-17;1-2/h2,4-14H,1,3,15,25H2,(H2,26,27);1-2H3. The van der Waals surface area contributed by atoms with Crippen LogP contribution in [0.1, 0.15) is 37.9 Å². The SMILES string of the molecule is CC.NCc1ccc(-n2c(-c3cccnc3N)nc3ccc(C4=CCCC=C4)nc32)cc1. The number of pyridine rings is 2. The van der Waals surface area contributed by atoms with Gasteiger partial charge in [-0.2, -0.15) is 0 Å². The lowest BCUT2D eigenvalue weighted by atomic mass is 10.0. The molecule has 0 saturated heterocycles. The molecule has 6 nitrogen and oxygen atoms in total. The van der Waals surface area contributed by atoms with Crippen molar-refractivity contribution in [3.05, 3.63) is 84.2 Å². The zero-order valence-electron chi connectivity index (χ0n) is 18.5. The van der Waals surface area contributed by atoms with E-state index in [2.05, 4.69) is 23.2 Å². The van der Waals surface area contributed by atoms with Crippen LogP contribution in [0.3, 0.4) is 0 Å². The number of allylic oxidation sites excluding steroid dienone is 4. The second-order valence-electron chi connectivity index (χ2n) is 7.26. The molecule has 0 saturated carbocycles. The average Bonchev–Trinajstić information content (AvgIpc) is 3.24. The molecule has 6 heteroatoms. The van der Waals surface area contributed by atoms with Crippen molar-refractivity contribution in [2.24, 2.45) is 5.73 Å². The maximum atomic E-state index is 6.19. The lowest BCUT2D eigenvalue weighted by Crippen LogP contribution is -2.03. The van der Waals surface area contributed by atoms with Gasteiger partial charge in [-0.3, -0.25) is 4.57 Å². The molecule has 0 unspecified atom stereocenters. The van der Waals surface area contributed by atoms with Gasteiger partial charge in [0.1, 0.15) is 11.3 Å². The van der Waals surface area contributed by atoms with Crippen LogP contribution in [0.2, 0.25) is 0 Å². The second-order valence-corrected chi connectivity index (χ2v) is 7.26. The number of anilines is 1. The van der Waals surface area contributed by atoms with Gasteiger partial charge >= 0.3 is 0 Å². The third kappa shape index (κ3) is 4.05. The fourth-order valence-electron chi connectivity index (χ4n) is 3.73. The van der Waals surface area contributed by atoms with Gasteiger partial charge < -0.3 is 11.5 Å². The van der Waals surface area contributed by atoms with Gasteiger partial charge in [0, 0.05) is 18.4 Å². The Balaban J connectivity index is 0.00000119. The maximum Gasteiger partial charge on any atom is 0.165 e. The molecule has 1 aliphatic carbocycles. The van der Waals surface area contributed by atoms with Gasteiger partial charge in [0.05, 0.1) is 11.3 Å². The molecule has 0 radical (unpaired) electrons. The first-order valence-corrected chi connectivity index (χ1v) is 11.0. The van der Waals surface area contributed by atoms with Crippen molar-refractivity contribution >= 4 is 22.6 Å². The normalized spacial score (nSPS) is 12.9. The zero-order chi connectivity index (χ0) is 22.5. The van der Waals surface area contributed by atoms with Gasteiger partial charge in [0.15, 0.2) is 11.5 Å². The highest BCUT2D eigenvalue weighted by Crippen LogP contribution is 2.31. The topological polar surface area (TPSA) is 95.6 Å². The Morgan fingerprint density at radius 2 is 1.78 bits per heavy atom. The molecule has 5 rings (SSSR count). The molecule has 0 spiro atoms. The molecule has 0 amide bonds. The second kappa shape index (κ2) is 9.58. The number of hydrogen-bond acceptors (Lipinski definition) is 5. The molecule has 1 aliphatic rings. The summed E-state index contributed by atoms with van der Waals surface area (Å²) in [6.07, 6.45) is 10.3. The molecule has 0 atom stereocenters. The van der Waals surface area contributed by atoms with Crippen LogP contribution < -0.4 is 11.5 Å². The number of benzene rings is 1. The molecule has 0 fully saturated rings. The smallest absolute Gasteiger partial charge is 0.165 e. The quantitative estimate of drug-likeness (QED) is 0.464. The predicted octanol–water partition coefficient (Wildman–Crippen LogP) is 5.28. The van der Waals surface area contributed by atoms with E-state index in [9.17, 15) is 0 Å². The summed E-state index contributed by atoms with van der Waals surface area (Å²) in [5.74, 6) is 1.15. The van der Waals surface area contributed by atoms with Gasteiger partial charge in [0.2, 0.25) is 0 Å². The van der Waals surface area contributed by atoms with Gasteiger partial charge in [-0.25, -0.2) is 15.0 Å². The summed E-state index contributed by atoms with van der Waals surface area (Å²) in [6.45, 7) is 4.50. The number of nitrogens with zero attached hydrogens (tertiary/aromatic N) is 4. The summed E-state index contributed by atoms with van der Waals surface area (Å²) in [6, 6.07) is 15.9. The first-order chi connectivity index (χ1) is 15.7. The van der Waals surface area contributed by atoms with Crippen molar-refractivity contribution in [3.8, 4) is 17.1 Å². The molecule has 1 aromatic carbocycles. The van der Waals surface area contributed by atoms with E-state index in [1.165, 1.54) is 0 Å². The summed E-state index contributed by atoms with van der Waals surface area (Å²) < 4.78 is 2.04. The number of aromatic nitrogens is 4. The Kier molecular flexibility index (Phi) is 6.42. The van der Waals surface area contributed by atoms with Gasteiger partial charge in [-0.05, 0) is 60.4 Å². The van der Waals surface area contributed by atoms with Gasteiger partial charge in [0.25, 0.3) is 0 Å². The van der Waals surface area contributed by atoms with Crippen LogP contribution in [0.25, 0.3) is 33.8 Å². The Morgan fingerprint density at radius 1 is 0.969 bits per heavy atom. The Hall–Kier alpha value is -3.77. The third-order valence-corrected chi connectivity index (χ3v) is 5.30. The van der Waals surface area contributed by atoms with Crippen LogP contribution in [0, 0.1) is 0 Å². The lowest BCUT2D eigenvalue weighted by Gasteiger charge is -2.12. The highest BCUT2D eigenvalue weighted by Gasteiger charge is 2.18. The molecule has 4 N–H and O–H groups in total. The molecular formula is C26H28N6. The molecular weight excluding hydrogens is 396 g/mol. The minimum atomic E-state index is 0.436. The van der Waals surface area contributed by atoms with E-state index in [4.69, 9.17) is 21.4 Å². The third-order valence-electron chi connectivity index (χ3n) is 5.30. The van der Waals surface area contributed by atoms with E-state index in [0.717, 1.165) is 52.1 Å². The van der Waals surface area contributed by atoms with Crippen molar-refractivity contribution in [3.63, 3.8) is 0 Å². The van der Waals surface area contributed by atoms with Crippen molar-refractivity contribution in [1.29, 1.82) is 0 Å². The molecule has 0 aliphatic heterocycles. The number of fused-ring (bicyclic) bond motifs is 1. The number of rotatable bonds is 4. The Labute approximate surface area is 188 Å². The average molecular weight is 425 g/mol. The molecule has 4 aromatic rings. The van der Waals surface area contributed by atoms with Crippen molar-refractivity contribution < 1.29 is 0 Å². The molecule has 162 valence electrons. The van der Waals surface area contributed by atoms with E-state index in [-0.39, 0.29) is 0 Å². The van der Waals surface area contributed by atoms with Crippen LogP contribution in [-0.4, -0.2) is 19.5 Å². The van der Waals surface area contributed by atoms with Crippen molar-refractivity contribution in [1.82, 2.24) is 19.5 Å². The highest BCUT2D eigenvalue weighted by atomic mass is 15.1. The fraction of sp³-hybridized carbons (Fsp3) is 0.192. The highest BCUT2D eigenvalue weighted by molar-refractivity contribution is 5.85. The zero-order valence-corrected chi connectivity index (χ0v) is 18.5. The van der Waals surface area contributed by atoms with E-state index >= 15 is 0 Å². The molecule has 0 bridgehead atoms. The first kappa shape index (κ1) is 21.5. The van der Waals surface area contributed by atoms with Crippen LogP contribution in [0.4, 0.5) is 5.82 Å². The molecule has 3 aromatic heterocycles. The largest absolute Gasteiger partial charge is 0.383 e. The van der Waals surface area contributed by atoms with E-state index in [0.29, 0.717) is 18.2 Å². The lowest BCUT2D eigenvalue weighted by molar-refractivity contribution is 1.03. The fourth-order valence-corrected chi connectivity index (χ4v) is 3.73. The van der Waals surface area contributed by atoms with E-state index in [1.807, 2.05) is 66.9 Å². The Morgan fingerprint density at radius 3 is 2.47 bits per heavy atom. The van der Waals surface area contributed by atoms with Gasteiger partial charge in [-0.15, -0.1) is 0 Å². The minimum absolute atomic E-state index is 0.436. The van der Waals surface area contributed by atoms with E-state index in [1.54, 1.807) is 6.20 Å². The summed E-state index contributed by atoms with van der Waals surface area (Å²) in [7, 11) is 0. The summed E-state index contributed by atoms with van der Waals surface area (Å²) >= 11 is 0.